The van der Waals surface area contributed by atoms with Crippen molar-refractivity contribution >= 4 is 25.3 Å². The Kier molecular flexibility index (Phi) is 5.76. The fourth-order valence-corrected chi connectivity index (χ4v) is 3.11. The van der Waals surface area contributed by atoms with Gasteiger partial charge in [-0.25, -0.2) is 0 Å². The average Bonchev–Trinajstić information content (AvgIpc) is 2.48. The molecule has 0 unspecified atom stereocenters. The summed E-state index contributed by atoms with van der Waals surface area (Å²) in [6.07, 6.45) is 1.12. The molecular formula is C17H20O2S2. The van der Waals surface area contributed by atoms with E-state index < -0.39 is 5.41 Å². The monoisotopic (exact) mass is 320 g/mol. The summed E-state index contributed by atoms with van der Waals surface area (Å²) < 4.78 is 0. The second kappa shape index (κ2) is 7.36. The summed E-state index contributed by atoms with van der Waals surface area (Å²) in [4.78, 5) is 1.79. The van der Waals surface area contributed by atoms with Crippen molar-refractivity contribution in [3.63, 3.8) is 0 Å². The van der Waals surface area contributed by atoms with Crippen LogP contribution in [0.15, 0.2) is 58.3 Å². The molecule has 0 saturated carbocycles. The molecule has 2 rings (SSSR count). The van der Waals surface area contributed by atoms with Gasteiger partial charge in [0.1, 0.15) is 0 Å². The maximum Gasteiger partial charge on any atom is 0.0442 e. The van der Waals surface area contributed by atoms with Gasteiger partial charge < -0.3 is 10.2 Å². The van der Waals surface area contributed by atoms with Crippen LogP contribution in [0, 0.1) is 0 Å². The molecule has 112 valence electrons. The maximum absolute atomic E-state index is 9.55. The Hall–Kier alpha value is -0.940. The van der Waals surface area contributed by atoms with Gasteiger partial charge in [-0.05, 0) is 48.2 Å². The summed E-state index contributed by atoms with van der Waals surface area (Å²) >= 11 is 8.65. The Balaban J connectivity index is 2.56. The molecule has 0 atom stereocenters. The number of hydrogen-bond acceptors (Lipinski definition) is 4. The first-order chi connectivity index (χ1) is 10.1. The Morgan fingerprint density at radius 2 is 1.00 bits per heavy atom. The van der Waals surface area contributed by atoms with Crippen molar-refractivity contribution in [3.05, 3.63) is 59.7 Å². The van der Waals surface area contributed by atoms with E-state index >= 15 is 0 Å². The van der Waals surface area contributed by atoms with E-state index in [9.17, 15) is 10.2 Å². The van der Waals surface area contributed by atoms with E-state index in [-0.39, 0.29) is 13.2 Å². The van der Waals surface area contributed by atoms with Crippen LogP contribution in [0.3, 0.4) is 0 Å². The number of benzene rings is 2. The number of thiol groups is 2. The fourth-order valence-electron chi connectivity index (χ4n) is 2.81. The van der Waals surface area contributed by atoms with Gasteiger partial charge in [0.15, 0.2) is 0 Å². The van der Waals surface area contributed by atoms with Crippen molar-refractivity contribution < 1.29 is 10.2 Å². The first-order valence-electron chi connectivity index (χ1n) is 6.93. The third-order valence-corrected chi connectivity index (χ3v) is 4.51. The summed E-state index contributed by atoms with van der Waals surface area (Å²) in [5.41, 5.74) is 1.76. The molecule has 2 aromatic rings. The molecule has 0 radical (unpaired) electrons. The van der Waals surface area contributed by atoms with E-state index in [2.05, 4.69) is 25.3 Å². The van der Waals surface area contributed by atoms with Gasteiger partial charge in [0.25, 0.3) is 0 Å². The van der Waals surface area contributed by atoms with Gasteiger partial charge in [-0.3, -0.25) is 0 Å². The van der Waals surface area contributed by atoms with Crippen LogP contribution in [0.1, 0.15) is 24.0 Å². The average molecular weight is 320 g/mol. The molecule has 0 heterocycles. The molecule has 0 saturated heterocycles. The molecule has 0 aliphatic rings. The van der Waals surface area contributed by atoms with Crippen molar-refractivity contribution in [1.29, 1.82) is 0 Å². The minimum atomic E-state index is -0.396. The standard InChI is InChI=1S/C17H20O2S2/c18-11-9-17(10-12-19,13-1-5-15(20)6-2-13)14-3-7-16(21)8-4-14/h1-8,18-21H,9-12H2. The normalized spacial score (nSPS) is 11.6. The van der Waals surface area contributed by atoms with Crippen molar-refractivity contribution in [2.24, 2.45) is 0 Å². The molecule has 2 nitrogen and oxygen atoms in total. The largest absolute Gasteiger partial charge is 0.396 e. The number of hydrogen-bond donors (Lipinski definition) is 4. The third kappa shape index (κ3) is 3.64. The van der Waals surface area contributed by atoms with Crippen molar-refractivity contribution in [3.8, 4) is 0 Å². The maximum atomic E-state index is 9.55. The highest BCUT2D eigenvalue weighted by Gasteiger charge is 2.33. The van der Waals surface area contributed by atoms with Crippen LogP contribution in [0.4, 0.5) is 0 Å². The minimum absolute atomic E-state index is 0.0608. The van der Waals surface area contributed by atoms with Crippen LogP contribution in [-0.4, -0.2) is 23.4 Å². The Morgan fingerprint density at radius 1 is 0.667 bits per heavy atom. The second-order valence-corrected chi connectivity index (χ2v) is 6.16. The van der Waals surface area contributed by atoms with E-state index in [4.69, 9.17) is 0 Å². The van der Waals surface area contributed by atoms with Crippen LogP contribution < -0.4 is 0 Å². The number of aliphatic hydroxyl groups is 2. The summed E-state index contributed by atoms with van der Waals surface area (Å²) in [5.74, 6) is 0. The lowest BCUT2D eigenvalue weighted by Gasteiger charge is -2.34. The Bertz CT molecular complexity index is 511. The van der Waals surface area contributed by atoms with E-state index in [0.29, 0.717) is 12.8 Å². The lowest BCUT2D eigenvalue weighted by Crippen LogP contribution is -2.30. The molecule has 2 aromatic carbocycles. The topological polar surface area (TPSA) is 40.5 Å². The molecule has 2 N–H and O–H groups in total. The molecule has 0 aliphatic heterocycles. The highest BCUT2D eigenvalue weighted by molar-refractivity contribution is 7.80. The second-order valence-electron chi connectivity index (χ2n) is 5.12. The van der Waals surface area contributed by atoms with Crippen molar-refractivity contribution in [2.45, 2.75) is 28.0 Å². The highest BCUT2D eigenvalue weighted by atomic mass is 32.1. The molecule has 0 amide bonds. The molecule has 0 fully saturated rings. The summed E-state index contributed by atoms with van der Waals surface area (Å²) in [6.45, 7) is 0.122. The number of aliphatic hydroxyl groups excluding tert-OH is 2. The van der Waals surface area contributed by atoms with Gasteiger partial charge in [-0.15, -0.1) is 25.3 Å². The molecule has 21 heavy (non-hydrogen) atoms. The molecule has 0 aliphatic carbocycles. The van der Waals surface area contributed by atoms with Crippen molar-refractivity contribution in [2.75, 3.05) is 13.2 Å². The van der Waals surface area contributed by atoms with Gasteiger partial charge >= 0.3 is 0 Å². The third-order valence-electron chi connectivity index (χ3n) is 3.92. The first-order valence-corrected chi connectivity index (χ1v) is 7.82. The van der Waals surface area contributed by atoms with Crippen molar-refractivity contribution in [1.82, 2.24) is 0 Å². The SMILES string of the molecule is OCCC(CCO)(c1ccc(S)cc1)c1ccc(S)cc1. The van der Waals surface area contributed by atoms with Crippen LogP contribution in [0.5, 0.6) is 0 Å². The zero-order valence-corrected chi connectivity index (χ0v) is 13.5. The molecule has 0 bridgehead atoms. The van der Waals surface area contributed by atoms with Gasteiger partial charge in [0.05, 0.1) is 0 Å². The molecule has 0 spiro atoms. The van der Waals surface area contributed by atoms with Gasteiger partial charge in [-0.1, -0.05) is 24.3 Å². The lowest BCUT2D eigenvalue weighted by atomic mass is 9.70. The van der Waals surface area contributed by atoms with E-state index in [1.165, 1.54) is 0 Å². The summed E-state index contributed by atoms with van der Waals surface area (Å²) in [7, 11) is 0. The highest BCUT2D eigenvalue weighted by Crippen LogP contribution is 2.39. The zero-order valence-electron chi connectivity index (χ0n) is 11.7. The minimum Gasteiger partial charge on any atom is -0.396 e. The van der Waals surface area contributed by atoms with Gasteiger partial charge in [0.2, 0.25) is 0 Å². The summed E-state index contributed by atoms with van der Waals surface area (Å²) in [5, 5.41) is 19.1. The van der Waals surface area contributed by atoms with Gasteiger partial charge in [0, 0.05) is 28.4 Å². The quantitative estimate of drug-likeness (QED) is 0.617. The smallest absolute Gasteiger partial charge is 0.0442 e. The van der Waals surface area contributed by atoms with E-state index in [1.54, 1.807) is 0 Å². The van der Waals surface area contributed by atoms with Crippen LogP contribution in [0.25, 0.3) is 0 Å². The predicted octanol–water partition coefficient (Wildman–Crippen LogP) is 3.31. The molecule has 0 aromatic heterocycles. The Morgan fingerprint density at radius 3 is 1.29 bits per heavy atom. The molecule has 4 heteroatoms. The molecular weight excluding hydrogens is 300 g/mol. The zero-order chi connectivity index (χ0) is 15.3. The van der Waals surface area contributed by atoms with E-state index in [0.717, 1.165) is 20.9 Å². The predicted molar refractivity (Wildman–Crippen MR) is 91.6 cm³/mol. The summed E-state index contributed by atoms with van der Waals surface area (Å²) in [6, 6.07) is 15.8. The van der Waals surface area contributed by atoms with Crippen LogP contribution >= 0.6 is 25.3 Å². The van der Waals surface area contributed by atoms with E-state index in [1.807, 2.05) is 48.5 Å². The lowest BCUT2D eigenvalue weighted by molar-refractivity contribution is 0.210. The number of rotatable bonds is 6. The fraction of sp³-hybridized carbons (Fsp3) is 0.294. The Labute approximate surface area is 136 Å². The van der Waals surface area contributed by atoms with Gasteiger partial charge in [-0.2, -0.15) is 0 Å². The van der Waals surface area contributed by atoms with Crippen LogP contribution in [0.2, 0.25) is 0 Å². The van der Waals surface area contributed by atoms with Crippen LogP contribution in [-0.2, 0) is 5.41 Å². The first kappa shape index (κ1) is 16.4.